The third-order valence-electron chi connectivity index (χ3n) is 2.11. The number of phenols is 1. The number of aryl methyl sites for hydroxylation is 1. The van der Waals surface area contributed by atoms with E-state index in [4.69, 9.17) is 10.8 Å². The van der Waals surface area contributed by atoms with E-state index in [2.05, 4.69) is 0 Å². The number of aromatic hydroxyl groups is 1. The minimum Gasteiger partial charge on any atom is -0.503 e. The summed E-state index contributed by atoms with van der Waals surface area (Å²) in [7, 11) is 0. The zero-order chi connectivity index (χ0) is 11.4. The number of phenolic OH excluding ortho intramolecular Hbond substituents is 1. The van der Waals surface area contributed by atoms with Crippen LogP contribution in [-0.4, -0.2) is 11.7 Å². The summed E-state index contributed by atoms with van der Waals surface area (Å²) in [6, 6.07) is 0.765. The second kappa shape index (κ2) is 5.02. The van der Waals surface area contributed by atoms with Crippen molar-refractivity contribution in [2.45, 2.75) is 19.3 Å². The molecule has 0 saturated carbocycles. The van der Waals surface area contributed by atoms with E-state index in [1.54, 1.807) is 0 Å². The quantitative estimate of drug-likeness (QED) is 0.601. The average molecular weight is 219 g/mol. The van der Waals surface area contributed by atoms with E-state index in [9.17, 15) is 13.2 Å². The first kappa shape index (κ1) is 11.8. The van der Waals surface area contributed by atoms with E-state index >= 15 is 0 Å². The molecule has 0 aliphatic carbocycles. The fourth-order valence-corrected chi connectivity index (χ4v) is 1.28. The molecule has 1 aromatic rings. The van der Waals surface area contributed by atoms with E-state index in [1.807, 2.05) is 0 Å². The number of benzene rings is 1. The highest BCUT2D eigenvalue weighted by atomic mass is 19.2. The Morgan fingerprint density at radius 1 is 1.13 bits per heavy atom. The Balaban J connectivity index is 2.89. The summed E-state index contributed by atoms with van der Waals surface area (Å²) in [6.07, 6.45) is 1.46. The average Bonchev–Trinajstić information content (AvgIpc) is 2.23. The van der Waals surface area contributed by atoms with E-state index in [0.717, 1.165) is 6.07 Å². The van der Waals surface area contributed by atoms with Gasteiger partial charge < -0.3 is 10.8 Å². The van der Waals surface area contributed by atoms with Crippen LogP contribution in [0.3, 0.4) is 0 Å². The van der Waals surface area contributed by atoms with Crippen molar-refractivity contribution in [1.82, 2.24) is 0 Å². The summed E-state index contributed by atoms with van der Waals surface area (Å²) in [5, 5.41) is 8.91. The number of hydrogen-bond acceptors (Lipinski definition) is 2. The summed E-state index contributed by atoms with van der Waals surface area (Å²) >= 11 is 0. The lowest BCUT2D eigenvalue weighted by Gasteiger charge is -2.06. The molecule has 1 rings (SSSR count). The highest BCUT2D eigenvalue weighted by molar-refractivity contribution is 5.32. The van der Waals surface area contributed by atoms with Crippen LogP contribution >= 0.6 is 0 Å². The van der Waals surface area contributed by atoms with Gasteiger partial charge in [-0.1, -0.05) is 0 Å². The molecule has 2 nitrogen and oxygen atoms in total. The van der Waals surface area contributed by atoms with Crippen molar-refractivity contribution in [1.29, 1.82) is 0 Å². The molecule has 3 N–H and O–H groups in total. The second-order valence-electron chi connectivity index (χ2n) is 3.24. The van der Waals surface area contributed by atoms with Crippen LogP contribution in [0, 0.1) is 17.5 Å². The molecule has 84 valence electrons. The molecule has 0 aromatic heterocycles. The third kappa shape index (κ3) is 2.62. The van der Waals surface area contributed by atoms with Gasteiger partial charge in [0.1, 0.15) is 0 Å². The molecule has 0 bridgehead atoms. The van der Waals surface area contributed by atoms with Gasteiger partial charge in [0, 0.05) is 0 Å². The normalized spacial score (nSPS) is 10.7. The maximum atomic E-state index is 13.2. The fraction of sp³-hybridized carbons (Fsp3) is 0.400. The lowest BCUT2D eigenvalue weighted by molar-refractivity contribution is 0.372. The molecule has 0 aliphatic rings. The molecule has 0 atom stereocenters. The van der Waals surface area contributed by atoms with Crippen LogP contribution in [-0.2, 0) is 6.42 Å². The lowest BCUT2D eigenvalue weighted by atomic mass is 10.1. The predicted molar refractivity (Wildman–Crippen MR) is 50.0 cm³/mol. The summed E-state index contributed by atoms with van der Waals surface area (Å²) in [6.45, 7) is 0.456. The van der Waals surface area contributed by atoms with Crippen molar-refractivity contribution in [3.05, 3.63) is 29.1 Å². The Hall–Kier alpha value is -1.23. The van der Waals surface area contributed by atoms with Gasteiger partial charge in [0.15, 0.2) is 17.4 Å². The zero-order valence-corrected chi connectivity index (χ0v) is 8.06. The largest absolute Gasteiger partial charge is 0.503 e. The lowest BCUT2D eigenvalue weighted by Crippen LogP contribution is -2.01. The van der Waals surface area contributed by atoms with Crippen LogP contribution < -0.4 is 5.73 Å². The molecular weight excluding hydrogens is 207 g/mol. The van der Waals surface area contributed by atoms with Crippen LogP contribution in [0.15, 0.2) is 6.07 Å². The van der Waals surface area contributed by atoms with Gasteiger partial charge in [-0.25, -0.2) is 8.78 Å². The van der Waals surface area contributed by atoms with Crippen LogP contribution in [0.4, 0.5) is 13.2 Å². The van der Waals surface area contributed by atoms with Gasteiger partial charge in [0.25, 0.3) is 0 Å². The first-order valence-corrected chi connectivity index (χ1v) is 4.63. The van der Waals surface area contributed by atoms with E-state index < -0.39 is 23.2 Å². The zero-order valence-electron chi connectivity index (χ0n) is 8.06. The van der Waals surface area contributed by atoms with Crippen molar-refractivity contribution >= 4 is 0 Å². The number of hydrogen-bond donors (Lipinski definition) is 2. The van der Waals surface area contributed by atoms with Gasteiger partial charge in [-0.15, -0.1) is 0 Å². The second-order valence-corrected chi connectivity index (χ2v) is 3.24. The number of nitrogens with two attached hydrogens (primary N) is 1. The summed E-state index contributed by atoms with van der Waals surface area (Å²) in [5.74, 6) is -5.13. The topological polar surface area (TPSA) is 46.2 Å². The van der Waals surface area contributed by atoms with Gasteiger partial charge in [-0.2, -0.15) is 4.39 Å². The first-order chi connectivity index (χ1) is 7.07. The van der Waals surface area contributed by atoms with Crippen molar-refractivity contribution in [3.8, 4) is 5.75 Å². The number of unbranched alkanes of at least 4 members (excludes halogenated alkanes) is 1. The number of halogens is 3. The van der Waals surface area contributed by atoms with Crippen molar-refractivity contribution in [2.24, 2.45) is 5.73 Å². The molecule has 0 saturated heterocycles. The molecule has 0 radical (unpaired) electrons. The van der Waals surface area contributed by atoms with Gasteiger partial charge >= 0.3 is 0 Å². The molecule has 0 amide bonds. The monoisotopic (exact) mass is 219 g/mol. The minimum atomic E-state index is -1.55. The molecule has 5 heteroatoms. The Morgan fingerprint density at radius 3 is 2.40 bits per heavy atom. The predicted octanol–water partition coefficient (Wildman–Crippen LogP) is 2.09. The van der Waals surface area contributed by atoms with Crippen LogP contribution in [0.25, 0.3) is 0 Å². The molecular formula is C10H12F3NO. The van der Waals surface area contributed by atoms with Crippen molar-refractivity contribution in [3.63, 3.8) is 0 Å². The number of rotatable bonds is 4. The molecule has 0 fully saturated rings. The van der Waals surface area contributed by atoms with Crippen LogP contribution in [0.5, 0.6) is 5.75 Å². The highest BCUT2D eigenvalue weighted by Crippen LogP contribution is 2.26. The van der Waals surface area contributed by atoms with E-state index in [1.165, 1.54) is 0 Å². The Labute approximate surface area is 85.5 Å². The maximum absolute atomic E-state index is 13.2. The molecule has 0 unspecified atom stereocenters. The smallest absolute Gasteiger partial charge is 0.203 e. The van der Waals surface area contributed by atoms with Gasteiger partial charge in [-0.3, -0.25) is 0 Å². The fourth-order valence-electron chi connectivity index (χ4n) is 1.28. The summed E-state index contributed by atoms with van der Waals surface area (Å²) < 4.78 is 38.7. The Kier molecular flexibility index (Phi) is 3.96. The molecule has 1 aromatic carbocycles. The van der Waals surface area contributed by atoms with E-state index in [0.29, 0.717) is 19.4 Å². The first-order valence-electron chi connectivity index (χ1n) is 4.63. The molecule has 15 heavy (non-hydrogen) atoms. The minimum absolute atomic E-state index is 0.0279. The third-order valence-corrected chi connectivity index (χ3v) is 2.11. The summed E-state index contributed by atoms with van der Waals surface area (Å²) in [4.78, 5) is 0. The molecule has 0 heterocycles. The Bertz CT molecular complexity index is 355. The van der Waals surface area contributed by atoms with Crippen molar-refractivity contribution in [2.75, 3.05) is 6.54 Å². The van der Waals surface area contributed by atoms with Crippen LogP contribution in [0.1, 0.15) is 18.4 Å². The van der Waals surface area contributed by atoms with Gasteiger partial charge in [0.2, 0.25) is 5.82 Å². The van der Waals surface area contributed by atoms with Gasteiger partial charge in [-0.05, 0) is 37.4 Å². The van der Waals surface area contributed by atoms with E-state index in [-0.39, 0.29) is 12.0 Å². The van der Waals surface area contributed by atoms with Crippen LogP contribution in [0.2, 0.25) is 0 Å². The summed E-state index contributed by atoms with van der Waals surface area (Å²) in [5.41, 5.74) is 5.21. The SMILES string of the molecule is NCCCCc1cc(F)c(F)c(O)c1F. The van der Waals surface area contributed by atoms with Gasteiger partial charge in [0.05, 0.1) is 0 Å². The Morgan fingerprint density at radius 2 is 1.80 bits per heavy atom. The molecule has 0 aliphatic heterocycles. The molecule has 0 spiro atoms. The standard InChI is InChI=1S/C10H12F3NO/c11-7-5-6(3-1-2-4-14)8(12)10(15)9(7)13/h5,15H,1-4,14H2. The highest BCUT2D eigenvalue weighted by Gasteiger charge is 2.17. The maximum Gasteiger partial charge on any atom is 0.203 e. The van der Waals surface area contributed by atoms with Crippen molar-refractivity contribution < 1.29 is 18.3 Å².